The third-order valence-electron chi connectivity index (χ3n) is 2.71. The maximum Gasteiger partial charge on any atom is 0.222 e. The zero-order valence-electron chi connectivity index (χ0n) is 8.85. The average molecular weight is 218 g/mol. The second-order valence-corrected chi connectivity index (χ2v) is 3.80. The number of nitrogens with two attached hydrogens (primary N) is 2. The number of rotatable bonds is 4. The van der Waals surface area contributed by atoms with Crippen LogP contribution in [0.15, 0.2) is 34.9 Å². The van der Waals surface area contributed by atoms with Crippen LogP contribution in [-0.2, 0) is 11.2 Å². The van der Waals surface area contributed by atoms with Crippen LogP contribution in [0.3, 0.4) is 0 Å². The molecule has 2 aromatic rings. The van der Waals surface area contributed by atoms with Crippen molar-refractivity contribution in [1.82, 2.24) is 0 Å². The zero-order chi connectivity index (χ0) is 11.5. The van der Waals surface area contributed by atoms with Gasteiger partial charge in [-0.3, -0.25) is 4.79 Å². The van der Waals surface area contributed by atoms with Crippen LogP contribution in [0.25, 0.3) is 11.0 Å². The molecule has 1 aromatic heterocycles. The van der Waals surface area contributed by atoms with E-state index in [1.165, 1.54) is 0 Å². The molecule has 0 spiro atoms. The Kier molecular flexibility index (Phi) is 2.92. The number of para-hydroxylation sites is 1. The molecule has 1 unspecified atom stereocenters. The highest BCUT2D eigenvalue weighted by Gasteiger charge is 2.16. The smallest absolute Gasteiger partial charge is 0.222 e. The lowest BCUT2D eigenvalue weighted by molar-refractivity contribution is -0.121. The number of carbonyl (C=O) groups excluding carboxylic acids is 1. The average Bonchev–Trinajstić information content (AvgIpc) is 2.69. The Balaban J connectivity index is 2.30. The summed E-state index contributed by atoms with van der Waals surface area (Å²) in [7, 11) is 0. The van der Waals surface area contributed by atoms with Crippen molar-refractivity contribution >= 4 is 16.9 Å². The molecule has 0 aliphatic rings. The van der Waals surface area contributed by atoms with Gasteiger partial charge < -0.3 is 15.9 Å². The van der Waals surface area contributed by atoms with Gasteiger partial charge >= 0.3 is 0 Å². The first kappa shape index (κ1) is 10.7. The molecule has 4 heteroatoms. The van der Waals surface area contributed by atoms with E-state index >= 15 is 0 Å². The van der Waals surface area contributed by atoms with Crippen LogP contribution in [0, 0.1) is 5.92 Å². The van der Waals surface area contributed by atoms with Crippen LogP contribution in [0.5, 0.6) is 0 Å². The maximum absolute atomic E-state index is 11.1. The number of primary amides is 1. The summed E-state index contributed by atoms with van der Waals surface area (Å²) in [5.74, 6) is -0.700. The highest BCUT2D eigenvalue weighted by molar-refractivity contribution is 5.82. The number of amides is 1. The van der Waals surface area contributed by atoms with E-state index in [4.69, 9.17) is 15.9 Å². The summed E-state index contributed by atoms with van der Waals surface area (Å²) in [5, 5.41) is 1.02. The van der Waals surface area contributed by atoms with Gasteiger partial charge in [0.1, 0.15) is 5.58 Å². The van der Waals surface area contributed by atoms with Gasteiger partial charge in [-0.05, 0) is 18.1 Å². The van der Waals surface area contributed by atoms with Crippen LogP contribution in [-0.4, -0.2) is 12.5 Å². The van der Waals surface area contributed by atoms with E-state index in [1.54, 1.807) is 6.26 Å². The van der Waals surface area contributed by atoms with E-state index in [1.807, 2.05) is 24.3 Å². The second-order valence-electron chi connectivity index (χ2n) is 3.80. The summed E-state index contributed by atoms with van der Waals surface area (Å²) in [6.45, 7) is 0.259. The molecule has 0 bridgehead atoms. The fraction of sp³-hybridized carbons (Fsp3) is 0.250. The van der Waals surface area contributed by atoms with Gasteiger partial charge in [0, 0.05) is 11.9 Å². The van der Waals surface area contributed by atoms with Gasteiger partial charge in [0.05, 0.1) is 12.2 Å². The fourth-order valence-corrected chi connectivity index (χ4v) is 1.76. The minimum Gasteiger partial charge on any atom is -0.464 e. The Labute approximate surface area is 93.2 Å². The van der Waals surface area contributed by atoms with Crippen molar-refractivity contribution < 1.29 is 9.21 Å². The molecule has 1 aromatic carbocycles. The molecule has 4 N–H and O–H groups in total. The van der Waals surface area contributed by atoms with Crippen molar-refractivity contribution in [2.75, 3.05) is 6.54 Å². The first-order chi connectivity index (χ1) is 7.72. The molecule has 16 heavy (non-hydrogen) atoms. The largest absolute Gasteiger partial charge is 0.464 e. The van der Waals surface area contributed by atoms with E-state index in [9.17, 15) is 4.79 Å². The fourth-order valence-electron chi connectivity index (χ4n) is 1.76. The number of fused-ring (bicyclic) bond motifs is 1. The molecule has 1 amide bonds. The molecule has 0 radical (unpaired) electrons. The van der Waals surface area contributed by atoms with Gasteiger partial charge in [-0.15, -0.1) is 0 Å². The SMILES string of the molecule is NCC(Cc1coc2ccccc12)C(N)=O. The van der Waals surface area contributed by atoms with Crippen molar-refractivity contribution in [2.24, 2.45) is 17.4 Å². The highest BCUT2D eigenvalue weighted by atomic mass is 16.3. The van der Waals surface area contributed by atoms with Crippen molar-refractivity contribution in [1.29, 1.82) is 0 Å². The third-order valence-corrected chi connectivity index (χ3v) is 2.71. The van der Waals surface area contributed by atoms with E-state index in [0.29, 0.717) is 6.42 Å². The van der Waals surface area contributed by atoms with Crippen LogP contribution >= 0.6 is 0 Å². The number of benzene rings is 1. The van der Waals surface area contributed by atoms with Gasteiger partial charge in [0.15, 0.2) is 0 Å². The second kappa shape index (κ2) is 4.37. The van der Waals surface area contributed by atoms with E-state index in [2.05, 4.69) is 0 Å². The molecular weight excluding hydrogens is 204 g/mol. The number of carbonyl (C=O) groups is 1. The number of hydrogen-bond acceptors (Lipinski definition) is 3. The Morgan fingerprint density at radius 3 is 2.81 bits per heavy atom. The van der Waals surface area contributed by atoms with Crippen LogP contribution in [0.1, 0.15) is 5.56 Å². The molecule has 2 rings (SSSR count). The topological polar surface area (TPSA) is 82.2 Å². The van der Waals surface area contributed by atoms with Gasteiger partial charge in [0.2, 0.25) is 5.91 Å². The van der Waals surface area contributed by atoms with Gasteiger partial charge in [-0.2, -0.15) is 0 Å². The van der Waals surface area contributed by atoms with Crippen molar-refractivity contribution in [3.05, 3.63) is 36.1 Å². The summed E-state index contributed by atoms with van der Waals surface area (Å²) in [5.41, 5.74) is 12.6. The molecule has 0 aliphatic carbocycles. The standard InChI is InChI=1S/C12H14N2O2/c13-6-8(12(14)15)5-9-7-16-11-4-2-1-3-10(9)11/h1-4,7-8H,5-6,13H2,(H2,14,15). The third kappa shape index (κ3) is 1.92. The monoisotopic (exact) mass is 218 g/mol. The Bertz CT molecular complexity index is 504. The van der Waals surface area contributed by atoms with E-state index in [-0.39, 0.29) is 18.4 Å². The lowest BCUT2D eigenvalue weighted by atomic mass is 9.98. The first-order valence-corrected chi connectivity index (χ1v) is 5.17. The zero-order valence-corrected chi connectivity index (χ0v) is 8.85. The predicted octanol–water partition coefficient (Wildman–Crippen LogP) is 1.04. The molecule has 1 atom stereocenters. The summed E-state index contributed by atoms with van der Waals surface area (Å²) >= 11 is 0. The Morgan fingerprint density at radius 2 is 2.12 bits per heavy atom. The minimum absolute atomic E-state index is 0.259. The highest BCUT2D eigenvalue weighted by Crippen LogP contribution is 2.22. The van der Waals surface area contributed by atoms with Crippen molar-refractivity contribution in [2.45, 2.75) is 6.42 Å². The van der Waals surface area contributed by atoms with Gasteiger partial charge in [-0.25, -0.2) is 0 Å². The molecule has 0 saturated heterocycles. The number of furan rings is 1. The molecule has 0 saturated carbocycles. The molecule has 84 valence electrons. The maximum atomic E-state index is 11.1. The molecule has 0 fully saturated rings. The van der Waals surface area contributed by atoms with Crippen molar-refractivity contribution in [3.63, 3.8) is 0 Å². The van der Waals surface area contributed by atoms with Crippen LogP contribution in [0.4, 0.5) is 0 Å². The first-order valence-electron chi connectivity index (χ1n) is 5.17. The summed E-state index contributed by atoms with van der Waals surface area (Å²) in [4.78, 5) is 11.1. The van der Waals surface area contributed by atoms with E-state index in [0.717, 1.165) is 16.5 Å². The molecule has 1 heterocycles. The van der Waals surface area contributed by atoms with Crippen LogP contribution in [0.2, 0.25) is 0 Å². The molecule has 4 nitrogen and oxygen atoms in total. The Morgan fingerprint density at radius 1 is 1.38 bits per heavy atom. The van der Waals surface area contributed by atoms with E-state index < -0.39 is 0 Å². The Hall–Kier alpha value is -1.81. The lowest BCUT2D eigenvalue weighted by Crippen LogP contribution is -2.31. The van der Waals surface area contributed by atoms with Crippen molar-refractivity contribution in [3.8, 4) is 0 Å². The quantitative estimate of drug-likeness (QED) is 0.804. The van der Waals surface area contributed by atoms with Gasteiger partial charge in [0.25, 0.3) is 0 Å². The van der Waals surface area contributed by atoms with Crippen LogP contribution < -0.4 is 11.5 Å². The predicted molar refractivity (Wildman–Crippen MR) is 61.7 cm³/mol. The number of hydrogen-bond donors (Lipinski definition) is 2. The van der Waals surface area contributed by atoms with Gasteiger partial charge in [-0.1, -0.05) is 18.2 Å². The summed E-state index contributed by atoms with van der Waals surface area (Å²) in [6, 6.07) is 7.69. The summed E-state index contributed by atoms with van der Waals surface area (Å²) < 4.78 is 5.38. The molecular formula is C12H14N2O2. The summed E-state index contributed by atoms with van der Waals surface area (Å²) in [6.07, 6.45) is 2.19. The minimum atomic E-state index is -0.368. The molecule has 0 aliphatic heterocycles. The normalized spacial score (nSPS) is 12.8. The lowest BCUT2D eigenvalue weighted by Gasteiger charge is -2.08.